The highest BCUT2D eigenvalue weighted by atomic mass is 32.1. The van der Waals surface area contributed by atoms with Crippen molar-refractivity contribution in [3.05, 3.63) is 51.8 Å². The lowest BCUT2D eigenvalue weighted by Gasteiger charge is -2.32. The number of para-hydroxylation sites is 1. The van der Waals surface area contributed by atoms with Crippen molar-refractivity contribution in [1.29, 1.82) is 0 Å². The van der Waals surface area contributed by atoms with Gasteiger partial charge in [-0.05, 0) is 44.4 Å². The highest BCUT2D eigenvalue weighted by Gasteiger charge is 2.30. The largest absolute Gasteiger partial charge is 0.355 e. The van der Waals surface area contributed by atoms with E-state index < -0.39 is 0 Å². The Morgan fingerprint density at radius 2 is 2.04 bits per heavy atom. The molecule has 1 amide bonds. The van der Waals surface area contributed by atoms with Crippen LogP contribution >= 0.6 is 11.3 Å². The second kappa shape index (κ2) is 6.93. The van der Waals surface area contributed by atoms with Crippen molar-refractivity contribution in [3.63, 3.8) is 0 Å². The van der Waals surface area contributed by atoms with E-state index in [0.29, 0.717) is 17.8 Å². The van der Waals surface area contributed by atoms with Crippen molar-refractivity contribution in [2.45, 2.75) is 39.5 Å². The van der Waals surface area contributed by atoms with E-state index in [1.165, 1.54) is 11.6 Å². The molecule has 0 bridgehead atoms. The number of aryl methyl sites for hydroxylation is 1. The van der Waals surface area contributed by atoms with Crippen LogP contribution in [0.2, 0.25) is 0 Å². The number of carbonyl (C=O) groups is 2. The molecule has 6 heteroatoms. The van der Waals surface area contributed by atoms with Crippen molar-refractivity contribution < 1.29 is 9.59 Å². The Morgan fingerprint density at radius 1 is 1.26 bits per heavy atom. The Hall–Kier alpha value is -2.47. The van der Waals surface area contributed by atoms with Crippen molar-refractivity contribution in [2.24, 2.45) is 0 Å². The lowest BCUT2D eigenvalue weighted by Crippen LogP contribution is -2.39. The monoisotopic (exact) mass is 381 g/mol. The molecule has 4 rings (SSSR count). The van der Waals surface area contributed by atoms with Crippen molar-refractivity contribution >= 4 is 33.2 Å². The third-order valence-corrected chi connectivity index (χ3v) is 6.57. The van der Waals surface area contributed by atoms with Gasteiger partial charge in [0.25, 0.3) is 5.91 Å². The lowest BCUT2D eigenvalue weighted by molar-refractivity contribution is 0.0706. The number of hydrogen-bond acceptors (Lipinski definition) is 4. The zero-order valence-electron chi connectivity index (χ0n) is 15.8. The van der Waals surface area contributed by atoms with Crippen LogP contribution in [0.1, 0.15) is 62.8 Å². The van der Waals surface area contributed by atoms with E-state index in [2.05, 4.69) is 11.1 Å². The molecule has 27 heavy (non-hydrogen) atoms. The first-order valence-corrected chi connectivity index (χ1v) is 10.1. The highest BCUT2D eigenvalue weighted by Crippen LogP contribution is 2.34. The fourth-order valence-corrected chi connectivity index (χ4v) is 5.10. The molecular weight excluding hydrogens is 358 g/mol. The number of aromatic nitrogens is 2. The minimum absolute atomic E-state index is 0.0135. The number of carbonyl (C=O) groups excluding carboxylic acids is 2. The van der Waals surface area contributed by atoms with Crippen molar-refractivity contribution in [3.8, 4) is 0 Å². The molecule has 1 aliphatic heterocycles. The number of amides is 1. The average molecular weight is 382 g/mol. The summed E-state index contributed by atoms with van der Waals surface area (Å²) < 4.78 is 1.19. The lowest BCUT2D eigenvalue weighted by atomic mass is 9.97. The molecule has 1 aliphatic rings. The molecule has 1 atom stereocenters. The molecule has 5 nitrogen and oxygen atoms in total. The molecule has 3 aromatic rings. The molecule has 0 radical (unpaired) electrons. The van der Waals surface area contributed by atoms with Gasteiger partial charge in [0.1, 0.15) is 0 Å². The van der Waals surface area contributed by atoms with Crippen molar-refractivity contribution in [2.75, 3.05) is 13.1 Å². The van der Waals surface area contributed by atoms with Crippen LogP contribution in [0.5, 0.6) is 0 Å². The summed E-state index contributed by atoms with van der Waals surface area (Å²) in [4.78, 5) is 34.8. The van der Waals surface area contributed by atoms with Gasteiger partial charge in [0.2, 0.25) is 0 Å². The summed E-state index contributed by atoms with van der Waals surface area (Å²) in [7, 11) is 0. The number of rotatable bonds is 3. The zero-order chi connectivity index (χ0) is 19.1. The molecule has 1 fully saturated rings. The maximum absolute atomic E-state index is 13.2. The maximum Gasteiger partial charge on any atom is 0.255 e. The molecular formula is C21H23N3O2S. The summed E-state index contributed by atoms with van der Waals surface area (Å²) in [5, 5.41) is 1.11. The maximum atomic E-state index is 13.2. The number of piperidine rings is 1. The van der Waals surface area contributed by atoms with Gasteiger partial charge >= 0.3 is 0 Å². The minimum Gasteiger partial charge on any atom is -0.355 e. The van der Waals surface area contributed by atoms with E-state index in [1.54, 1.807) is 11.3 Å². The molecule has 0 saturated carbocycles. The van der Waals surface area contributed by atoms with E-state index in [0.717, 1.165) is 41.2 Å². The van der Waals surface area contributed by atoms with Gasteiger partial charge in [-0.3, -0.25) is 9.59 Å². The van der Waals surface area contributed by atoms with Crippen LogP contribution in [0.15, 0.2) is 24.3 Å². The van der Waals surface area contributed by atoms with Gasteiger partial charge < -0.3 is 9.88 Å². The zero-order valence-corrected chi connectivity index (χ0v) is 16.7. The summed E-state index contributed by atoms with van der Waals surface area (Å²) in [5.41, 5.74) is 3.74. The Morgan fingerprint density at radius 3 is 2.74 bits per heavy atom. The number of H-pyrrole nitrogens is 1. The van der Waals surface area contributed by atoms with Crippen LogP contribution in [0, 0.1) is 13.8 Å². The third kappa shape index (κ3) is 3.18. The first-order chi connectivity index (χ1) is 13.0. The quantitative estimate of drug-likeness (QED) is 0.681. The van der Waals surface area contributed by atoms with Gasteiger partial charge in [0.15, 0.2) is 5.78 Å². The van der Waals surface area contributed by atoms with E-state index >= 15 is 0 Å². The fraction of sp³-hybridized carbons (Fsp3) is 0.381. The van der Waals surface area contributed by atoms with Gasteiger partial charge in [-0.25, -0.2) is 4.98 Å². The van der Waals surface area contributed by atoms with Gasteiger partial charge in [-0.1, -0.05) is 12.1 Å². The predicted molar refractivity (Wildman–Crippen MR) is 108 cm³/mol. The number of Topliss-reactive ketones (excluding diaryl/α,β-unsaturated/α-hetero) is 1. The predicted octanol–water partition coefficient (Wildman–Crippen LogP) is 4.46. The number of thiazole rings is 1. The van der Waals surface area contributed by atoms with Gasteiger partial charge in [0, 0.05) is 31.6 Å². The number of ketones is 1. The fourth-order valence-electron chi connectivity index (χ4n) is 4.01. The molecule has 0 spiro atoms. The standard InChI is InChI=1S/C21H23N3O2S/c1-12-18(13(2)22-19(12)14(3)25)21(26)24-10-6-7-15(11-24)20-23-16-8-4-5-9-17(16)27-20/h4-5,8-9,15,22H,6-7,10-11H2,1-3H3. The van der Waals surface area contributed by atoms with Crippen LogP contribution < -0.4 is 0 Å². The van der Waals surface area contributed by atoms with Crippen LogP contribution in [0.4, 0.5) is 0 Å². The Kier molecular flexibility index (Phi) is 4.60. The summed E-state index contributed by atoms with van der Waals surface area (Å²) >= 11 is 1.73. The molecule has 1 aromatic carbocycles. The average Bonchev–Trinajstić information content (AvgIpc) is 3.22. The highest BCUT2D eigenvalue weighted by molar-refractivity contribution is 7.18. The number of likely N-dealkylation sites (tertiary alicyclic amines) is 1. The van der Waals surface area contributed by atoms with Crippen LogP contribution in [-0.4, -0.2) is 39.6 Å². The smallest absolute Gasteiger partial charge is 0.255 e. The van der Waals surface area contributed by atoms with Crippen LogP contribution in [0.3, 0.4) is 0 Å². The normalized spacial score (nSPS) is 17.4. The first kappa shape index (κ1) is 17.9. The number of fused-ring (bicyclic) bond motifs is 1. The Labute approximate surface area is 162 Å². The molecule has 1 saturated heterocycles. The molecule has 3 heterocycles. The molecule has 0 aliphatic carbocycles. The number of aromatic amines is 1. The Bertz CT molecular complexity index is 1000. The molecule has 1 N–H and O–H groups in total. The summed E-state index contributed by atoms with van der Waals surface area (Å²) in [5.74, 6) is 0.243. The van der Waals surface area contributed by atoms with Crippen LogP contribution in [-0.2, 0) is 0 Å². The van der Waals surface area contributed by atoms with Gasteiger partial charge in [-0.15, -0.1) is 11.3 Å². The van der Waals surface area contributed by atoms with E-state index in [9.17, 15) is 9.59 Å². The number of hydrogen-bond donors (Lipinski definition) is 1. The summed E-state index contributed by atoms with van der Waals surface area (Å²) in [6.45, 7) is 6.67. The first-order valence-electron chi connectivity index (χ1n) is 9.30. The minimum atomic E-state index is -0.0411. The molecule has 140 valence electrons. The van der Waals surface area contributed by atoms with E-state index in [4.69, 9.17) is 4.98 Å². The summed E-state index contributed by atoms with van der Waals surface area (Å²) in [6, 6.07) is 8.17. The van der Waals surface area contributed by atoms with E-state index in [-0.39, 0.29) is 17.6 Å². The topological polar surface area (TPSA) is 66.1 Å². The number of nitrogens with zero attached hydrogens (tertiary/aromatic N) is 2. The van der Waals surface area contributed by atoms with Crippen molar-refractivity contribution in [1.82, 2.24) is 14.9 Å². The van der Waals surface area contributed by atoms with Gasteiger partial charge in [-0.2, -0.15) is 0 Å². The summed E-state index contributed by atoms with van der Waals surface area (Å²) in [6.07, 6.45) is 2.02. The molecule has 2 aromatic heterocycles. The second-order valence-corrected chi connectivity index (χ2v) is 8.35. The SMILES string of the molecule is CC(=O)c1[nH]c(C)c(C(=O)N2CCCC(c3nc4ccccc4s3)C2)c1C. The second-order valence-electron chi connectivity index (χ2n) is 7.29. The third-order valence-electron chi connectivity index (χ3n) is 5.37. The number of nitrogens with one attached hydrogen (secondary N) is 1. The van der Waals surface area contributed by atoms with Gasteiger partial charge in [0.05, 0.1) is 26.5 Å². The Balaban J connectivity index is 1.59. The van der Waals surface area contributed by atoms with E-state index in [1.807, 2.05) is 36.9 Å². The number of benzene rings is 1. The molecule has 1 unspecified atom stereocenters. The van der Waals surface area contributed by atoms with Crippen LogP contribution in [0.25, 0.3) is 10.2 Å².